The molecule has 0 saturated carbocycles. The summed E-state index contributed by atoms with van der Waals surface area (Å²) in [6.45, 7) is 0.305. The minimum Gasteiger partial charge on any atom is -0.350 e. The fourth-order valence-corrected chi connectivity index (χ4v) is 3.01. The molecule has 2 aromatic heterocycles. The van der Waals surface area contributed by atoms with Gasteiger partial charge in [-0.15, -0.1) is 0 Å². The van der Waals surface area contributed by atoms with Crippen LogP contribution in [-0.4, -0.2) is 28.1 Å². The number of halogens is 4. The van der Waals surface area contributed by atoms with Crippen molar-refractivity contribution in [3.63, 3.8) is 0 Å². The summed E-state index contributed by atoms with van der Waals surface area (Å²) in [4.78, 5) is 18.9. The molecule has 144 valence electrons. The van der Waals surface area contributed by atoms with Crippen molar-refractivity contribution in [1.29, 1.82) is 0 Å². The molecule has 28 heavy (non-hydrogen) atoms. The first kappa shape index (κ1) is 18.0. The zero-order valence-corrected chi connectivity index (χ0v) is 14.2. The highest BCUT2D eigenvalue weighted by molar-refractivity contribution is 6.19. The molecule has 0 fully saturated rings. The molecule has 0 saturated heterocycles. The molecule has 3 aromatic rings. The average Bonchev–Trinajstić information content (AvgIpc) is 2.95. The SMILES string of the molecule is O=C1NCCC(=NNc2ccc(C(F)(F)F)cn2)c2c1[nH]c1ccc(F)cc21. The quantitative estimate of drug-likeness (QED) is 0.461. The van der Waals surface area contributed by atoms with E-state index < -0.39 is 17.6 Å². The van der Waals surface area contributed by atoms with Crippen molar-refractivity contribution in [2.45, 2.75) is 12.6 Å². The van der Waals surface area contributed by atoms with Gasteiger partial charge in [-0.25, -0.2) is 9.37 Å². The maximum Gasteiger partial charge on any atom is 0.417 e. The van der Waals surface area contributed by atoms with Gasteiger partial charge in [-0.2, -0.15) is 18.3 Å². The highest BCUT2D eigenvalue weighted by Gasteiger charge is 2.30. The number of pyridine rings is 1. The number of aromatic nitrogens is 2. The Hall–Kier alpha value is -3.43. The first-order valence-corrected chi connectivity index (χ1v) is 8.28. The molecule has 10 heteroatoms. The van der Waals surface area contributed by atoms with Crippen molar-refractivity contribution in [2.75, 3.05) is 12.0 Å². The van der Waals surface area contributed by atoms with Gasteiger partial charge in [0, 0.05) is 35.6 Å². The van der Waals surface area contributed by atoms with E-state index >= 15 is 0 Å². The van der Waals surface area contributed by atoms with Crippen LogP contribution in [0.3, 0.4) is 0 Å². The van der Waals surface area contributed by atoms with Gasteiger partial charge in [-0.05, 0) is 30.3 Å². The predicted octanol–water partition coefficient (Wildman–Crippen LogP) is 3.67. The molecule has 3 N–H and O–H groups in total. The van der Waals surface area contributed by atoms with Crippen LogP contribution in [0.25, 0.3) is 10.9 Å². The third-order valence-corrected chi connectivity index (χ3v) is 4.32. The fourth-order valence-electron chi connectivity index (χ4n) is 3.01. The van der Waals surface area contributed by atoms with Gasteiger partial charge in [-0.3, -0.25) is 10.2 Å². The van der Waals surface area contributed by atoms with Crippen molar-refractivity contribution in [2.24, 2.45) is 5.10 Å². The van der Waals surface area contributed by atoms with Crippen LogP contribution in [0.5, 0.6) is 0 Å². The summed E-state index contributed by atoms with van der Waals surface area (Å²) in [5, 5.41) is 7.43. The summed E-state index contributed by atoms with van der Waals surface area (Å²) >= 11 is 0. The summed E-state index contributed by atoms with van der Waals surface area (Å²) in [6, 6.07) is 6.14. The minimum absolute atomic E-state index is 0.108. The summed E-state index contributed by atoms with van der Waals surface area (Å²) < 4.78 is 51.6. The minimum atomic E-state index is -4.48. The maximum atomic E-state index is 13.7. The molecule has 1 aromatic carbocycles. The molecule has 0 spiro atoms. The number of anilines is 1. The lowest BCUT2D eigenvalue weighted by Gasteiger charge is -2.08. The Morgan fingerprint density at radius 1 is 1.18 bits per heavy atom. The number of nitrogens with one attached hydrogen (secondary N) is 3. The van der Waals surface area contributed by atoms with E-state index in [0.717, 1.165) is 12.1 Å². The Bertz CT molecular complexity index is 1090. The van der Waals surface area contributed by atoms with E-state index in [1.807, 2.05) is 0 Å². The highest BCUT2D eigenvalue weighted by atomic mass is 19.4. The van der Waals surface area contributed by atoms with Crippen LogP contribution in [0.1, 0.15) is 28.0 Å². The van der Waals surface area contributed by atoms with Crippen molar-refractivity contribution < 1.29 is 22.4 Å². The summed E-state index contributed by atoms with van der Waals surface area (Å²) in [5.74, 6) is -0.697. The molecule has 0 aliphatic carbocycles. The van der Waals surface area contributed by atoms with Crippen LogP contribution in [0, 0.1) is 5.82 Å². The summed E-state index contributed by atoms with van der Waals surface area (Å²) in [7, 11) is 0. The number of hydrogen-bond donors (Lipinski definition) is 3. The van der Waals surface area contributed by atoms with Gasteiger partial charge in [0.15, 0.2) is 0 Å². The molecular weight excluding hydrogens is 378 g/mol. The van der Waals surface area contributed by atoms with E-state index in [1.165, 1.54) is 18.2 Å². The zero-order chi connectivity index (χ0) is 19.9. The largest absolute Gasteiger partial charge is 0.417 e. The van der Waals surface area contributed by atoms with Gasteiger partial charge in [0.2, 0.25) is 0 Å². The van der Waals surface area contributed by atoms with Crippen LogP contribution < -0.4 is 10.7 Å². The van der Waals surface area contributed by atoms with Crippen LogP contribution >= 0.6 is 0 Å². The molecule has 0 atom stereocenters. The van der Waals surface area contributed by atoms with Crippen molar-refractivity contribution in [3.8, 4) is 0 Å². The number of aromatic amines is 1. The number of carbonyl (C=O) groups excluding carboxylic acids is 1. The molecule has 1 amide bonds. The smallest absolute Gasteiger partial charge is 0.350 e. The normalized spacial score (nSPS) is 16.0. The lowest BCUT2D eigenvalue weighted by atomic mass is 10.0. The number of hydrazone groups is 1. The first-order valence-electron chi connectivity index (χ1n) is 8.28. The van der Waals surface area contributed by atoms with Gasteiger partial charge < -0.3 is 10.3 Å². The average molecular weight is 391 g/mol. The highest BCUT2D eigenvalue weighted by Crippen LogP contribution is 2.29. The molecular formula is C18H13F4N5O. The number of carbonyl (C=O) groups is 1. The van der Waals surface area contributed by atoms with Crippen LogP contribution in [0.15, 0.2) is 41.6 Å². The van der Waals surface area contributed by atoms with E-state index in [-0.39, 0.29) is 17.4 Å². The zero-order valence-electron chi connectivity index (χ0n) is 14.2. The van der Waals surface area contributed by atoms with Gasteiger partial charge in [0.05, 0.1) is 11.3 Å². The lowest BCUT2D eigenvalue weighted by Crippen LogP contribution is -2.23. The number of hydrogen-bond acceptors (Lipinski definition) is 4. The number of benzene rings is 1. The number of alkyl halides is 3. The molecule has 1 aliphatic rings. The third kappa shape index (κ3) is 3.28. The van der Waals surface area contributed by atoms with Crippen LogP contribution in [0.2, 0.25) is 0 Å². The van der Waals surface area contributed by atoms with E-state index in [0.29, 0.717) is 41.3 Å². The van der Waals surface area contributed by atoms with E-state index in [2.05, 4.69) is 25.8 Å². The Morgan fingerprint density at radius 3 is 2.71 bits per heavy atom. The molecule has 0 unspecified atom stereocenters. The lowest BCUT2D eigenvalue weighted by molar-refractivity contribution is -0.137. The van der Waals surface area contributed by atoms with E-state index in [4.69, 9.17) is 0 Å². The Balaban J connectivity index is 1.72. The molecule has 3 heterocycles. The fraction of sp³-hybridized carbons (Fsp3) is 0.167. The number of amides is 1. The first-order chi connectivity index (χ1) is 13.3. The van der Waals surface area contributed by atoms with Crippen molar-refractivity contribution >= 4 is 28.3 Å². The van der Waals surface area contributed by atoms with Crippen LogP contribution in [0.4, 0.5) is 23.4 Å². The van der Waals surface area contributed by atoms with Gasteiger partial charge in [-0.1, -0.05) is 0 Å². The van der Waals surface area contributed by atoms with Gasteiger partial charge in [0.25, 0.3) is 5.91 Å². The molecule has 0 radical (unpaired) electrons. The second-order valence-corrected chi connectivity index (χ2v) is 6.17. The topological polar surface area (TPSA) is 82.2 Å². The van der Waals surface area contributed by atoms with E-state index in [1.54, 1.807) is 0 Å². The second-order valence-electron chi connectivity index (χ2n) is 6.17. The summed E-state index contributed by atoms with van der Waals surface area (Å²) in [6.07, 6.45) is -3.43. The standard InChI is InChI=1S/C18H13F4N5O/c19-10-2-3-12-11(7-10)15-13(5-6-23-17(28)16(15)25-12)26-27-14-4-1-9(8-24-14)18(20,21)22/h1-4,7-8,25H,5-6H2,(H,23,28)(H,24,27). The maximum absolute atomic E-state index is 13.7. The second kappa shape index (κ2) is 6.63. The van der Waals surface area contributed by atoms with E-state index in [9.17, 15) is 22.4 Å². The monoisotopic (exact) mass is 391 g/mol. The Labute approximate surface area is 155 Å². The van der Waals surface area contributed by atoms with Crippen molar-refractivity contribution in [1.82, 2.24) is 15.3 Å². The molecule has 0 bridgehead atoms. The van der Waals surface area contributed by atoms with Crippen LogP contribution in [-0.2, 0) is 6.18 Å². The molecule has 6 nitrogen and oxygen atoms in total. The number of rotatable bonds is 2. The number of fused-ring (bicyclic) bond motifs is 3. The Morgan fingerprint density at radius 2 is 2.00 bits per heavy atom. The Kier molecular flexibility index (Phi) is 4.25. The number of H-pyrrole nitrogens is 1. The number of nitrogens with zero attached hydrogens (tertiary/aromatic N) is 2. The summed E-state index contributed by atoms with van der Waals surface area (Å²) in [5.41, 5.74) is 3.46. The van der Waals surface area contributed by atoms with Crippen molar-refractivity contribution in [3.05, 3.63) is 59.2 Å². The molecule has 1 aliphatic heterocycles. The van der Waals surface area contributed by atoms with Gasteiger partial charge >= 0.3 is 6.18 Å². The molecule has 4 rings (SSSR count). The predicted molar refractivity (Wildman–Crippen MR) is 94.6 cm³/mol. The van der Waals surface area contributed by atoms with Gasteiger partial charge in [0.1, 0.15) is 17.3 Å². The third-order valence-electron chi connectivity index (χ3n) is 4.32.